The maximum atomic E-state index is 5.73. The van der Waals surface area contributed by atoms with Gasteiger partial charge in [-0.1, -0.05) is 0 Å². The Balaban J connectivity index is 2.59. The van der Waals surface area contributed by atoms with Crippen LogP contribution in [0.1, 0.15) is 24.5 Å². The summed E-state index contributed by atoms with van der Waals surface area (Å²) in [5.41, 5.74) is 6.75. The molecule has 0 atom stereocenters. The van der Waals surface area contributed by atoms with Crippen molar-refractivity contribution in [2.45, 2.75) is 33.2 Å². The largest absolute Gasteiger partial charge is 0.387 e. The molecule has 0 aromatic carbocycles. The molecule has 1 aromatic rings. The van der Waals surface area contributed by atoms with Gasteiger partial charge in [-0.15, -0.1) is 11.3 Å². The zero-order chi connectivity index (χ0) is 9.84. The molecule has 0 aliphatic heterocycles. The van der Waals surface area contributed by atoms with E-state index >= 15 is 0 Å². The highest BCUT2D eigenvalue weighted by molar-refractivity contribution is 7.09. The molecule has 0 fully saturated rings. The first kappa shape index (κ1) is 10.2. The van der Waals surface area contributed by atoms with Gasteiger partial charge in [-0.3, -0.25) is 4.99 Å². The molecule has 1 rings (SSSR count). The zero-order valence-electron chi connectivity index (χ0n) is 8.24. The van der Waals surface area contributed by atoms with E-state index in [-0.39, 0.29) is 6.04 Å². The Kier molecular flexibility index (Phi) is 3.42. The van der Waals surface area contributed by atoms with Crippen LogP contribution in [0.2, 0.25) is 0 Å². The highest BCUT2D eigenvalue weighted by Crippen LogP contribution is 2.08. The topological polar surface area (TPSA) is 51.3 Å². The van der Waals surface area contributed by atoms with Crippen LogP contribution in [-0.4, -0.2) is 16.9 Å². The molecule has 1 aromatic heterocycles. The van der Waals surface area contributed by atoms with Crippen molar-refractivity contribution in [1.82, 2.24) is 4.98 Å². The Labute approximate surface area is 82.7 Å². The van der Waals surface area contributed by atoms with E-state index in [2.05, 4.69) is 9.98 Å². The van der Waals surface area contributed by atoms with Gasteiger partial charge < -0.3 is 5.73 Å². The molecule has 4 heteroatoms. The minimum absolute atomic E-state index is 0.264. The number of amidine groups is 1. The molecule has 1 heterocycles. The smallest absolute Gasteiger partial charge is 0.100 e. The van der Waals surface area contributed by atoms with Gasteiger partial charge in [0.25, 0.3) is 0 Å². The maximum absolute atomic E-state index is 5.73. The summed E-state index contributed by atoms with van der Waals surface area (Å²) in [6.07, 6.45) is 0.669. The number of aliphatic imine (C=N–C) groups is 1. The molecule has 72 valence electrons. The number of rotatable bonds is 3. The van der Waals surface area contributed by atoms with Gasteiger partial charge in [0, 0.05) is 17.8 Å². The first-order chi connectivity index (χ1) is 6.08. The molecule has 13 heavy (non-hydrogen) atoms. The third-order valence-electron chi connectivity index (χ3n) is 1.45. The lowest BCUT2D eigenvalue weighted by Gasteiger charge is -2.00. The predicted octanol–water partition coefficient (Wildman–Crippen LogP) is 1.76. The molecule has 0 amide bonds. The average molecular weight is 197 g/mol. The van der Waals surface area contributed by atoms with E-state index in [0.717, 1.165) is 10.7 Å². The van der Waals surface area contributed by atoms with Crippen molar-refractivity contribution in [3.05, 3.63) is 16.1 Å². The van der Waals surface area contributed by atoms with Crippen molar-refractivity contribution in [3.63, 3.8) is 0 Å². The Morgan fingerprint density at radius 3 is 2.85 bits per heavy atom. The van der Waals surface area contributed by atoms with Crippen molar-refractivity contribution in [1.29, 1.82) is 0 Å². The van der Waals surface area contributed by atoms with Gasteiger partial charge in [0.2, 0.25) is 0 Å². The first-order valence-corrected chi connectivity index (χ1v) is 5.19. The molecule has 0 saturated heterocycles. The summed E-state index contributed by atoms with van der Waals surface area (Å²) in [6, 6.07) is 0.264. The van der Waals surface area contributed by atoms with Gasteiger partial charge in [0.05, 0.1) is 10.7 Å². The van der Waals surface area contributed by atoms with Crippen molar-refractivity contribution in [2.75, 3.05) is 0 Å². The van der Waals surface area contributed by atoms with Crippen molar-refractivity contribution in [2.24, 2.45) is 10.7 Å². The molecule has 0 aliphatic rings. The van der Waals surface area contributed by atoms with Crippen LogP contribution >= 0.6 is 11.3 Å². The van der Waals surface area contributed by atoms with E-state index in [0.29, 0.717) is 12.3 Å². The molecule has 3 nitrogen and oxygen atoms in total. The second kappa shape index (κ2) is 4.37. The number of nitrogens with zero attached hydrogens (tertiary/aromatic N) is 2. The molecular formula is C9H15N3S. The van der Waals surface area contributed by atoms with Crippen LogP contribution in [0, 0.1) is 6.92 Å². The van der Waals surface area contributed by atoms with Gasteiger partial charge in [-0.25, -0.2) is 4.98 Å². The van der Waals surface area contributed by atoms with Crippen LogP contribution in [0.5, 0.6) is 0 Å². The number of nitrogens with two attached hydrogens (primary N) is 1. The van der Waals surface area contributed by atoms with Crippen LogP contribution < -0.4 is 5.73 Å². The van der Waals surface area contributed by atoms with E-state index in [1.807, 2.05) is 26.2 Å². The number of thiazole rings is 1. The fourth-order valence-corrected chi connectivity index (χ4v) is 1.66. The van der Waals surface area contributed by atoms with E-state index in [1.54, 1.807) is 11.3 Å². The highest BCUT2D eigenvalue weighted by Gasteiger charge is 2.01. The van der Waals surface area contributed by atoms with Gasteiger partial charge in [-0.05, 0) is 20.8 Å². The SMILES string of the molecule is Cc1nc(CC(N)=NC(C)C)cs1. The lowest BCUT2D eigenvalue weighted by molar-refractivity contribution is 0.828. The van der Waals surface area contributed by atoms with Gasteiger partial charge in [-0.2, -0.15) is 0 Å². The maximum Gasteiger partial charge on any atom is 0.100 e. The summed E-state index contributed by atoms with van der Waals surface area (Å²) in [5.74, 6) is 0.667. The number of hydrogen-bond donors (Lipinski definition) is 1. The van der Waals surface area contributed by atoms with E-state index in [9.17, 15) is 0 Å². The molecule has 0 unspecified atom stereocenters. The fraction of sp³-hybridized carbons (Fsp3) is 0.556. The molecule has 0 saturated carbocycles. The normalized spacial score (nSPS) is 12.5. The summed E-state index contributed by atoms with van der Waals surface area (Å²) in [5, 5.41) is 3.10. The number of aromatic nitrogens is 1. The Morgan fingerprint density at radius 2 is 2.38 bits per heavy atom. The Morgan fingerprint density at radius 1 is 1.69 bits per heavy atom. The number of aryl methyl sites for hydroxylation is 1. The molecule has 0 bridgehead atoms. The molecule has 0 radical (unpaired) electrons. The third kappa shape index (κ3) is 3.55. The molecule has 0 aliphatic carbocycles. The average Bonchev–Trinajstić information content (AvgIpc) is 2.33. The minimum Gasteiger partial charge on any atom is -0.387 e. The molecular weight excluding hydrogens is 182 g/mol. The van der Waals surface area contributed by atoms with Crippen molar-refractivity contribution >= 4 is 17.2 Å². The Hall–Kier alpha value is -0.900. The quantitative estimate of drug-likeness (QED) is 0.593. The third-order valence-corrected chi connectivity index (χ3v) is 2.28. The Bertz CT molecular complexity index is 302. The highest BCUT2D eigenvalue weighted by atomic mass is 32.1. The van der Waals surface area contributed by atoms with Crippen molar-refractivity contribution in [3.8, 4) is 0 Å². The van der Waals surface area contributed by atoms with Crippen LogP contribution in [0.25, 0.3) is 0 Å². The fourth-order valence-electron chi connectivity index (χ4n) is 1.05. The first-order valence-electron chi connectivity index (χ1n) is 4.31. The summed E-state index contributed by atoms with van der Waals surface area (Å²) < 4.78 is 0. The van der Waals surface area contributed by atoms with Gasteiger partial charge in [0.1, 0.15) is 5.84 Å². The van der Waals surface area contributed by atoms with Crippen LogP contribution in [0.3, 0.4) is 0 Å². The summed E-state index contributed by atoms with van der Waals surface area (Å²) in [6.45, 7) is 6.02. The second-order valence-corrected chi connectivity index (χ2v) is 4.31. The second-order valence-electron chi connectivity index (χ2n) is 3.25. The minimum atomic E-state index is 0.264. The molecule has 2 N–H and O–H groups in total. The van der Waals surface area contributed by atoms with Gasteiger partial charge >= 0.3 is 0 Å². The van der Waals surface area contributed by atoms with Gasteiger partial charge in [0.15, 0.2) is 0 Å². The summed E-state index contributed by atoms with van der Waals surface area (Å²) in [4.78, 5) is 8.56. The standard InChI is InChI=1S/C9H15N3S/c1-6(2)11-9(10)4-8-5-13-7(3)12-8/h5-6H,4H2,1-3H3,(H2,10,11). The van der Waals surface area contributed by atoms with E-state index in [4.69, 9.17) is 5.73 Å². The summed E-state index contributed by atoms with van der Waals surface area (Å²) in [7, 11) is 0. The number of hydrogen-bond acceptors (Lipinski definition) is 3. The van der Waals surface area contributed by atoms with Crippen molar-refractivity contribution < 1.29 is 0 Å². The monoisotopic (exact) mass is 197 g/mol. The van der Waals surface area contributed by atoms with E-state index in [1.165, 1.54) is 0 Å². The molecule has 0 spiro atoms. The lowest BCUT2D eigenvalue weighted by Crippen LogP contribution is -2.17. The lowest BCUT2D eigenvalue weighted by atomic mass is 10.3. The van der Waals surface area contributed by atoms with Crippen LogP contribution in [-0.2, 0) is 6.42 Å². The van der Waals surface area contributed by atoms with Crippen LogP contribution in [0.4, 0.5) is 0 Å². The van der Waals surface area contributed by atoms with Crippen LogP contribution in [0.15, 0.2) is 10.4 Å². The summed E-state index contributed by atoms with van der Waals surface area (Å²) >= 11 is 1.64. The zero-order valence-corrected chi connectivity index (χ0v) is 9.06. The predicted molar refractivity (Wildman–Crippen MR) is 57.3 cm³/mol. The van der Waals surface area contributed by atoms with E-state index < -0.39 is 0 Å².